The van der Waals surface area contributed by atoms with E-state index in [1.54, 1.807) is 0 Å². The molecule has 0 aliphatic heterocycles. The van der Waals surface area contributed by atoms with Gasteiger partial charge in [0, 0.05) is 0 Å². The van der Waals surface area contributed by atoms with Gasteiger partial charge in [-0.2, -0.15) is 0 Å². The molecule has 0 saturated carbocycles. The van der Waals surface area contributed by atoms with E-state index in [1.807, 2.05) is 12.2 Å². The second-order valence-corrected chi connectivity index (χ2v) is 7.13. The predicted octanol–water partition coefficient (Wildman–Crippen LogP) is 7.98. The van der Waals surface area contributed by atoms with Crippen LogP contribution >= 0.6 is 0 Å². The molecule has 0 bridgehead atoms. The van der Waals surface area contributed by atoms with E-state index in [9.17, 15) is 0 Å². The van der Waals surface area contributed by atoms with Crippen LogP contribution in [0.2, 0.25) is 0 Å². The van der Waals surface area contributed by atoms with Crippen LogP contribution in [0.5, 0.6) is 0 Å². The van der Waals surface area contributed by atoms with Gasteiger partial charge >= 0.3 is 0 Å². The second-order valence-electron chi connectivity index (χ2n) is 7.13. The summed E-state index contributed by atoms with van der Waals surface area (Å²) < 4.78 is 0. The molecule has 0 saturated heterocycles. The fourth-order valence-corrected chi connectivity index (χ4v) is 3.69. The minimum absolute atomic E-state index is 1.11. The molecule has 0 amide bonds. The van der Waals surface area contributed by atoms with Gasteiger partial charge in [0.1, 0.15) is 0 Å². The lowest BCUT2D eigenvalue weighted by molar-refractivity contribution is 1.49. The molecule has 0 heterocycles. The molecule has 0 N–H and O–H groups in total. The highest BCUT2D eigenvalue weighted by Gasteiger charge is 2.16. The van der Waals surface area contributed by atoms with Crippen molar-refractivity contribution in [3.05, 3.63) is 156 Å². The van der Waals surface area contributed by atoms with Crippen LogP contribution < -0.4 is 0 Å². The molecule has 0 radical (unpaired) electrons. The largest absolute Gasteiger partial charge is 0.0985 e. The number of hydrogen-bond acceptors (Lipinski definition) is 0. The van der Waals surface area contributed by atoms with Crippen molar-refractivity contribution in [1.29, 1.82) is 0 Å². The van der Waals surface area contributed by atoms with E-state index in [4.69, 9.17) is 0 Å². The second kappa shape index (κ2) is 9.07. The van der Waals surface area contributed by atoms with Crippen LogP contribution in [-0.2, 0) is 0 Å². The lowest BCUT2D eigenvalue weighted by atomic mass is 9.85. The molecule has 0 nitrogen and oxygen atoms in total. The summed E-state index contributed by atoms with van der Waals surface area (Å²) in [5.74, 6) is 0. The smallest absolute Gasteiger partial charge is 0.00268 e. The standard InChI is InChI=1S/C30H24/c1-3-23-15-19-27(20-16-23)30(28-21-17-24(4-2)18-22-28)29(25-11-7-5-8-12-25)26-13-9-6-10-14-26/h3-22H,1-2H2. The van der Waals surface area contributed by atoms with Gasteiger partial charge in [-0.1, -0.05) is 135 Å². The van der Waals surface area contributed by atoms with E-state index in [1.165, 1.54) is 33.4 Å². The predicted molar refractivity (Wildman–Crippen MR) is 131 cm³/mol. The molecule has 0 spiro atoms. The lowest BCUT2D eigenvalue weighted by Crippen LogP contribution is -1.97. The van der Waals surface area contributed by atoms with E-state index in [0.717, 1.165) is 11.1 Å². The number of benzene rings is 4. The molecule has 0 aliphatic rings. The summed E-state index contributed by atoms with van der Waals surface area (Å²) >= 11 is 0. The maximum absolute atomic E-state index is 3.89. The minimum atomic E-state index is 1.11. The van der Waals surface area contributed by atoms with Gasteiger partial charge in [-0.15, -0.1) is 0 Å². The van der Waals surface area contributed by atoms with Crippen molar-refractivity contribution < 1.29 is 0 Å². The highest BCUT2D eigenvalue weighted by atomic mass is 14.2. The van der Waals surface area contributed by atoms with Gasteiger partial charge in [-0.05, 0) is 44.5 Å². The Bertz CT molecular complexity index is 1070. The topological polar surface area (TPSA) is 0 Å². The summed E-state index contributed by atoms with van der Waals surface area (Å²) in [6.45, 7) is 7.78. The van der Waals surface area contributed by atoms with Crippen LogP contribution in [0.15, 0.2) is 122 Å². The summed E-state index contributed by atoms with van der Waals surface area (Å²) in [4.78, 5) is 0. The Labute approximate surface area is 179 Å². The molecule has 144 valence electrons. The van der Waals surface area contributed by atoms with E-state index in [-0.39, 0.29) is 0 Å². The van der Waals surface area contributed by atoms with Crippen LogP contribution in [0.1, 0.15) is 33.4 Å². The normalized spacial score (nSPS) is 10.3. The van der Waals surface area contributed by atoms with E-state index < -0.39 is 0 Å². The SMILES string of the molecule is C=Cc1ccc(C(=C(c2ccccc2)c2ccccc2)c2ccc(C=C)cc2)cc1. The molecule has 4 aromatic rings. The van der Waals surface area contributed by atoms with Crippen molar-refractivity contribution >= 4 is 23.3 Å². The third-order valence-electron chi connectivity index (χ3n) is 5.25. The Morgan fingerprint density at radius 1 is 0.400 bits per heavy atom. The van der Waals surface area contributed by atoms with E-state index >= 15 is 0 Å². The first-order valence-corrected chi connectivity index (χ1v) is 10.1. The molecule has 0 unspecified atom stereocenters. The molecule has 30 heavy (non-hydrogen) atoms. The van der Waals surface area contributed by atoms with Gasteiger partial charge in [-0.3, -0.25) is 0 Å². The Morgan fingerprint density at radius 2 is 0.700 bits per heavy atom. The van der Waals surface area contributed by atoms with Crippen molar-refractivity contribution in [1.82, 2.24) is 0 Å². The molecule has 4 rings (SSSR count). The van der Waals surface area contributed by atoms with Crippen molar-refractivity contribution in [2.75, 3.05) is 0 Å². The van der Waals surface area contributed by atoms with Gasteiger partial charge in [0.15, 0.2) is 0 Å². The maximum Gasteiger partial charge on any atom is -0.00268 e. The molecule has 4 aromatic carbocycles. The number of rotatable bonds is 6. The molecule has 0 aromatic heterocycles. The molecule has 0 atom stereocenters. The summed E-state index contributed by atoms with van der Waals surface area (Å²) in [6.07, 6.45) is 3.75. The highest BCUT2D eigenvalue weighted by Crippen LogP contribution is 2.37. The Hall–Kier alpha value is -3.90. The molecule has 0 aliphatic carbocycles. The summed E-state index contributed by atoms with van der Waals surface area (Å²) in [7, 11) is 0. The Balaban J connectivity index is 2.06. The number of hydrogen-bond donors (Lipinski definition) is 0. The monoisotopic (exact) mass is 384 g/mol. The first kappa shape index (κ1) is 19.4. The van der Waals surface area contributed by atoms with Gasteiger partial charge in [0.2, 0.25) is 0 Å². The first-order chi connectivity index (χ1) is 14.8. The Kier molecular flexibility index (Phi) is 5.87. The van der Waals surface area contributed by atoms with Gasteiger partial charge in [-0.25, -0.2) is 0 Å². The van der Waals surface area contributed by atoms with Gasteiger partial charge in [0.25, 0.3) is 0 Å². The average molecular weight is 385 g/mol. The average Bonchev–Trinajstić information content (AvgIpc) is 2.84. The minimum Gasteiger partial charge on any atom is -0.0985 e. The van der Waals surface area contributed by atoms with Crippen molar-refractivity contribution in [2.24, 2.45) is 0 Å². The first-order valence-electron chi connectivity index (χ1n) is 10.1. The van der Waals surface area contributed by atoms with E-state index in [2.05, 4.69) is 122 Å². The van der Waals surface area contributed by atoms with Crippen molar-refractivity contribution in [3.63, 3.8) is 0 Å². The zero-order chi connectivity index (χ0) is 20.8. The van der Waals surface area contributed by atoms with Crippen LogP contribution in [0.3, 0.4) is 0 Å². The molecular formula is C30H24. The third kappa shape index (κ3) is 4.09. The van der Waals surface area contributed by atoms with Crippen LogP contribution in [0.4, 0.5) is 0 Å². The van der Waals surface area contributed by atoms with Crippen molar-refractivity contribution in [2.45, 2.75) is 0 Å². The van der Waals surface area contributed by atoms with Crippen LogP contribution in [0.25, 0.3) is 23.3 Å². The quantitative estimate of drug-likeness (QED) is 0.296. The fraction of sp³-hybridized carbons (Fsp3) is 0. The molecule has 0 heteroatoms. The van der Waals surface area contributed by atoms with Crippen LogP contribution in [0, 0.1) is 0 Å². The van der Waals surface area contributed by atoms with Gasteiger partial charge < -0.3 is 0 Å². The zero-order valence-electron chi connectivity index (χ0n) is 17.0. The maximum atomic E-state index is 3.89. The summed E-state index contributed by atoms with van der Waals surface area (Å²) in [5.41, 5.74) is 9.39. The molecular weight excluding hydrogens is 360 g/mol. The highest BCUT2D eigenvalue weighted by molar-refractivity contribution is 6.04. The third-order valence-corrected chi connectivity index (χ3v) is 5.25. The van der Waals surface area contributed by atoms with E-state index in [0.29, 0.717) is 0 Å². The van der Waals surface area contributed by atoms with Gasteiger partial charge in [0.05, 0.1) is 0 Å². The Morgan fingerprint density at radius 3 is 1.00 bits per heavy atom. The fourth-order valence-electron chi connectivity index (χ4n) is 3.69. The lowest BCUT2D eigenvalue weighted by Gasteiger charge is -2.18. The summed E-state index contributed by atoms with van der Waals surface area (Å²) in [6, 6.07) is 38.4. The summed E-state index contributed by atoms with van der Waals surface area (Å²) in [5, 5.41) is 0. The zero-order valence-corrected chi connectivity index (χ0v) is 17.0. The van der Waals surface area contributed by atoms with Crippen molar-refractivity contribution in [3.8, 4) is 0 Å². The molecule has 0 fully saturated rings. The van der Waals surface area contributed by atoms with Crippen LogP contribution in [-0.4, -0.2) is 0 Å².